The number of H-pyrrole nitrogens is 1. The Morgan fingerprint density at radius 1 is 1.25 bits per heavy atom. The third-order valence-electron chi connectivity index (χ3n) is 3.89. The van der Waals surface area contributed by atoms with Crippen molar-refractivity contribution in [3.05, 3.63) is 77.6 Å². The smallest absolute Gasteiger partial charge is 0.222 e. The molecule has 0 aliphatic carbocycles. The molecule has 3 aromatic rings. The summed E-state index contributed by atoms with van der Waals surface area (Å²) < 4.78 is 2.04. The highest BCUT2D eigenvalue weighted by atomic mass is 35.5. The van der Waals surface area contributed by atoms with Gasteiger partial charge < -0.3 is 14.9 Å². The minimum absolute atomic E-state index is 0.0168. The zero-order valence-corrected chi connectivity index (χ0v) is 13.9. The number of halogens is 1. The van der Waals surface area contributed by atoms with E-state index in [1.165, 1.54) is 0 Å². The van der Waals surface area contributed by atoms with Crippen molar-refractivity contribution in [3.8, 4) is 0 Å². The van der Waals surface area contributed by atoms with Crippen LogP contribution in [0.1, 0.15) is 23.7 Å². The van der Waals surface area contributed by atoms with Gasteiger partial charge in [0, 0.05) is 42.3 Å². The largest absolute Gasteiger partial charge is 0.356 e. The molecule has 0 radical (unpaired) electrons. The number of amides is 1. The molecule has 2 heterocycles. The quantitative estimate of drug-likeness (QED) is 0.692. The number of hydrogen-bond acceptors (Lipinski definition) is 2. The lowest BCUT2D eigenvalue weighted by molar-refractivity contribution is -0.121. The maximum absolute atomic E-state index is 12.3. The molecule has 6 heteroatoms. The fourth-order valence-electron chi connectivity index (χ4n) is 2.64. The number of nitrogens with one attached hydrogen (secondary N) is 2. The first-order valence-electron chi connectivity index (χ1n) is 7.84. The van der Waals surface area contributed by atoms with E-state index in [1.807, 2.05) is 53.4 Å². The number of benzene rings is 1. The van der Waals surface area contributed by atoms with Crippen LogP contribution in [0.15, 0.2) is 61.3 Å². The summed E-state index contributed by atoms with van der Waals surface area (Å²) in [6.45, 7) is 0.583. The van der Waals surface area contributed by atoms with Gasteiger partial charge in [-0.05, 0) is 29.8 Å². The van der Waals surface area contributed by atoms with Crippen LogP contribution in [0.3, 0.4) is 0 Å². The van der Waals surface area contributed by atoms with Gasteiger partial charge in [-0.2, -0.15) is 0 Å². The number of carbonyl (C=O) groups is 1. The summed E-state index contributed by atoms with van der Waals surface area (Å²) in [6, 6.07) is 11.5. The van der Waals surface area contributed by atoms with Gasteiger partial charge in [-0.3, -0.25) is 4.79 Å². The van der Waals surface area contributed by atoms with Gasteiger partial charge in [0.2, 0.25) is 5.91 Å². The first-order valence-corrected chi connectivity index (χ1v) is 8.22. The summed E-state index contributed by atoms with van der Waals surface area (Å²) in [5, 5.41) is 3.66. The Morgan fingerprint density at radius 3 is 2.67 bits per heavy atom. The third kappa shape index (κ3) is 4.26. The van der Waals surface area contributed by atoms with Crippen LogP contribution in [0.2, 0.25) is 5.02 Å². The lowest BCUT2D eigenvalue weighted by Crippen LogP contribution is -2.28. The maximum Gasteiger partial charge on any atom is 0.222 e. The highest BCUT2D eigenvalue weighted by Crippen LogP contribution is 2.23. The monoisotopic (exact) mass is 342 g/mol. The number of rotatable bonds is 7. The van der Waals surface area contributed by atoms with Crippen LogP contribution in [0.5, 0.6) is 0 Å². The molecule has 0 unspecified atom stereocenters. The van der Waals surface area contributed by atoms with E-state index in [2.05, 4.69) is 15.3 Å². The van der Waals surface area contributed by atoms with E-state index in [0.717, 1.165) is 17.7 Å². The number of carbonyl (C=O) groups excluding carboxylic acids is 1. The van der Waals surface area contributed by atoms with E-state index < -0.39 is 0 Å². The molecule has 2 N–H and O–H groups in total. The molecule has 0 bridgehead atoms. The van der Waals surface area contributed by atoms with Crippen LogP contribution in [-0.4, -0.2) is 27.0 Å². The Balaban J connectivity index is 1.63. The van der Waals surface area contributed by atoms with Gasteiger partial charge in [0.25, 0.3) is 0 Å². The van der Waals surface area contributed by atoms with E-state index in [-0.39, 0.29) is 11.9 Å². The average Bonchev–Trinajstić information content (AvgIpc) is 3.27. The van der Waals surface area contributed by atoms with Crippen molar-refractivity contribution < 1.29 is 4.79 Å². The van der Waals surface area contributed by atoms with Gasteiger partial charge in [-0.15, -0.1) is 0 Å². The molecule has 2 aromatic heterocycles. The Morgan fingerprint density at radius 2 is 2.00 bits per heavy atom. The molecule has 1 aromatic carbocycles. The van der Waals surface area contributed by atoms with E-state index >= 15 is 0 Å². The molecule has 0 fully saturated rings. The van der Waals surface area contributed by atoms with Crippen molar-refractivity contribution in [2.24, 2.45) is 0 Å². The van der Waals surface area contributed by atoms with Crippen LogP contribution < -0.4 is 5.32 Å². The number of imidazole rings is 1. The highest BCUT2D eigenvalue weighted by Gasteiger charge is 2.17. The Kier molecular flexibility index (Phi) is 5.33. The van der Waals surface area contributed by atoms with Crippen LogP contribution in [0.4, 0.5) is 0 Å². The van der Waals surface area contributed by atoms with Crippen molar-refractivity contribution >= 4 is 17.5 Å². The molecule has 1 amide bonds. The minimum Gasteiger partial charge on any atom is -0.356 e. The number of nitrogens with zero attached hydrogens (tertiary/aromatic N) is 2. The summed E-state index contributed by atoms with van der Waals surface area (Å²) in [7, 11) is 0. The standard InChI is InChI=1S/C18H19ClN4O/c19-15-5-3-14(4-6-15)17(23-9-1-2-10-23)11-18(24)21-8-7-16-12-20-13-22-16/h1-6,9-10,12-13,17H,7-8,11H2,(H,20,22)(H,21,24)/t17-/m0/s1. The SMILES string of the molecule is O=C(C[C@@H](c1ccc(Cl)cc1)n1cccc1)NCCc1cnc[nH]1. The average molecular weight is 343 g/mol. The summed E-state index contributed by atoms with van der Waals surface area (Å²) in [5.41, 5.74) is 2.06. The summed E-state index contributed by atoms with van der Waals surface area (Å²) in [5.74, 6) is 0.0168. The van der Waals surface area contributed by atoms with Crippen molar-refractivity contribution in [3.63, 3.8) is 0 Å². The molecule has 1 atom stereocenters. The fraction of sp³-hybridized carbons (Fsp3) is 0.222. The molecule has 3 rings (SSSR count). The molecule has 24 heavy (non-hydrogen) atoms. The molecule has 0 spiro atoms. The lowest BCUT2D eigenvalue weighted by atomic mass is 10.0. The normalized spacial score (nSPS) is 12.0. The van der Waals surface area contributed by atoms with E-state index in [1.54, 1.807) is 12.5 Å². The zero-order valence-electron chi connectivity index (χ0n) is 13.2. The first-order chi connectivity index (χ1) is 11.7. The molecule has 124 valence electrons. The second kappa shape index (κ2) is 7.84. The van der Waals surface area contributed by atoms with Crippen molar-refractivity contribution in [2.45, 2.75) is 18.9 Å². The Hall–Kier alpha value is -2.53. The third-order valence-corrected chi connectivity index (χ3v) is 4.14. The van der Waals surface area contributed by atoms with Crippen LogP contribution in [-0.2, 0) is 11.2 Å². The van der Waals surface area contributed by atoms with E-state index in [0.29, 0.717) is 18.0 Å². The van der Waals surface area contributed by atoms with Gasteiger partial charge in [0.1, 0.15) is 0 Å². The highest BCUT2D eigenvalue weighted by molar-refractivity contribution is 6.30. The number of aromatic amines is 1. The molecular formula is C18H19ClN4O. The number of aromatic nitrogens is 3. The first kappa shape index (κ1) is 16.3. The van der Waals surface area contributed by atoms with Crippen molar-refractivity contribution in [2.75, 3.05) is 6.54 Å². The Labute approximate surface area is 145 Å². The van der Waals surface area contributed by atoms with Crippen molar-refractivity contribution in [1.82, 2.24) is 19.9 Å². The van der Waals surface area contributed by atoms with Crippen molar-refractivity contribution in [1.29, 1.82) is 0 Å². The van der Waals surface area contributed by atoms with Gasteiger partial charge >= 0.3 is 0 Å². The molecule has 0 saturated heterocycles. The second-order valence-electron chi connectivity index (χ2n) is 5.58. The summed E-state index contributed by atoms with van der Waals surface area (Å²) >= 11 is 5.97. The van der Waals surface area contributed by atoms with Gasteiger partial charge in [-0.1, -0.05) is 23.7 Å². The maximum atomic E-state index is 12.3. The lowest BCUT2D eigenvalue weighted by Gasteiger charge is -2.19. The summed E-state index contributed by atoms with van der Waals surface area (Å²) in [6.07, 6.45) is 8.46. The van der Waals surface area contributed by atoms with Gasteiger partial charge in [0.15, 0.2) is 0 Å². The zero-order chi connectivity index (χ0) is 16.8. The minimum atomic E-state index is -0.0515. The number of hydrogen-bond donors (Lipinski definition) is 2. The molecule has 0 saturated carbocycles. The second-order valence-corrected chi connectivity index (χ2v) is 6.01. The fourth-order valence-corrected chi connectivity index (χ4v) is 2.77. The van der Waals surface area contributed by atoms with Crippen LogP contribution >= 0.6 is 11.6 Å². The summed E-state index contributed by atoms with van der Waals surface area (Å²) in [4.78, 5) is 19.3. The molecular weight excluding hydrogens is 324 g/mol. The predicted octanol–water partition coefficient (Wildman–Crippen LogP) is 3.20. The Bertz CT molecular complexity index is 751. The van der Waals surface area contributed by atoms with Crippen LogP contribution in [0.25, 0.3) is 0 Å². The molecule has 0 aliphatic heterocycles. The van der Waals surface area contributed by atoms with Gasteiger partial charge in [0.05, 0.1) is 18.8 Å². The molecule has 0 aliphatic rings. The van der Waals surface area contributed by atoms with Crippen LogP contribution in [0, 0.1) is 0 Å². The molecule has 5 nitrogen and oxygen atoms in total. The van der Waals surface area contributed by atoms with E-state index in [4.69, 9.17) is 11.6 Å². The van der Waals surface area contributed by atoms with E-state index in [9.17, 15) is 4.79 Å². The predicted molar refractivity (Wildman–Crippen MR) is 93.9 cm³/mol. The van der Waals surface area contributed by atoms with Gasteiger partial charge in [-0.25, -0.2) is 4.98 Å². The topological polar surface area (TPSA) is 62.7 Å².